The molecule has 0 spiro atoms. The van der Waals surface area contributed by atoms with Crippen molar-refractivity contribution in [2.45, 2.75) is 19.3 Å². The Kier molecular flexibility index (Phi) is 3.04. The standard InChI is InChI=1S/C13H13FO2/c1-2-16-13(15)10-7-3-5-9-6-4-8-11(14)12(9)10/h3-6,8,10H,2,7H2,1H3. The maximum atomic E-state index is 13.7. The molecule has 3 heteroatoms. The number of benzene rings is 1. The molecular weight excluding hydrogens is 207 g/mol. The average molecular weight is 220 g/mol. The largest absolute Gasteiger partial charge is 0.466 e. The second-order valence-corrected chi connectivity index (χ2v) is 3.69. The van der Waals surface area contributed by atoms with Gasteiger partial charge in [0.1, 0.15) is 5.82 Å². The molecule has 0 heterocycles. The fraction of sp³-hybridized carbons (Fsp3) is 0.308. The van der Waals surface area contributed by atoms with Crippen molar-refractivity contribution in [2.75, 3.05) is 6.61 Å². The van der Waals surface area contributed by atoms with Crippen molar-refractivity contribution in [3.8, 4) is 0 Å². The highest BCUT2D eigenvalue weighted by Gasteiger charge is 2.27. The Hall–Kier alpha value is -1.64. The van der Waals surface area contributed by atoms with E-state index in [0.29, 0.717) is 18.6 Å². The van der Waals surface area contributed by atoms with Gasteiger partial charge < -0.3 is 4.74 Å². The number of esters is 1. The number of allylic oxidation sites excluding steroid dienone is 1. The van der Waals surface area contributed by atoms with Crippen LogP contribution >= 0.6 is 0 Å². The van der Waals surface area contributed by atoms with Crippen molar-refractivity contribution in [3.63, 3.8) is 0 Å². The van der Waals surface area contributed by atoms with Crippen molar-refractivity contribution in [1.82, 2.24) is 0 Å². The first-order valence-electron chi connectivity index (χ1n) is 5.35. The molecule has 1 aromatic carbocycles. The molecule has 2 rings (SSSR count). The van der Waals surface area contributed by atoms with Crippen molar-refractivity contribution >= 4 is 12.0 Å². The molecule has 1 atom stereocenters. The van der Waals surface area contributed by atoms with Crippen LogP contribution in [0.25, 0.3) is 6.08 Å². The maximum Gasteiger partial charge on any atom is 0.313 e. The highest BCUT2D eigenvalue weighted by Crippen LogP contribution is 2.32. The lowest BCUT2D eigenvalue weighted by Gasteiger charge is -2.20. The van der Waals surface area contributed by atoms with Gasteiger partial charge in [0.25, 0.3) is 0 Å². The number of fused-ring (bicyclic) bond motifs is 1. The van der Waals surface area contributed by atoms with Crippen LogP contribution in [-0.4, -0.2) is 12.6 Å². The predicted molar refractivity (Wildman–Crippen MR) is 59.4 cm³/mol. The summed E-state index contributed by atoms with van der Waals surface area (Å²) in [6, 6.07) is 4.83. The first-order chi connectivity index (χ1) is 7.74. The fourth-order valence-corrected chi connectivity index (χ4v) is 1.97. The van der Waals surface area contributed by atoms with Crippen LogP contribution < -0.4 is 0 Å². The van der Waals surface area contributed by atoms with E-state index in [0.717, 1.165) is 5.56 Å². The van der Waals surface area contributed by atoms with Crippen LogP contribution in [0.4, 0.5) is 4.39 Å². The summed E-state index contributed by atoms with van der Waals surface area (Å²) in [6.07, 6.45) is 4.23. The molecule has 0 aliphatic heterocycles. The Morgan fingerprint density at radius 2 is 2.38 bits per heavy atom. The summed E-state index contributed by atoms with van der Waals surface area (Å²) < 4.78 is 18.6. The topological polar surface area (TPSA) is 26.3 Å². The lowest BCUT2D eigenvalue weighted by molar-refractivity contribution is -0.145. The average Bonchev–Trinajstić information content (AvgIpc) is 2.29. The van der Waals surface area contributed by atoms with Crippen LogP contribution in [0.3, 0.4) is 0 Å². The van der Waals surface area contributed by atoms with Crippen LogP contribution in [-0.2, 0) is 9.53 Å². The van der Waals surface area contributed by atoms with Crippen LogP contribution in [0.2, 0.25) is 0 Å². The van der Waals surface area contributed by atoms with Gasteiger partial charge in [-0.25, -0.2) is 4.39 Å². The number of ether oxygens (including phenoxy) is 1. The molecule has 1 aliphatic carbocycles. The maximum absolute atomic E-state index is 13.7. The molecule has 0 saturated carbocycles. The van der Waals surface area contributed by atoms with Crippen molar-refractivity contribution in [2.24, 2.45) is 0 Å². The van der Waals surface area contributed by atoms with Crippen LogP contribution in [0, 0.1) is 5.82 Å². The Morgan fingerprint density at radius 1 is 1.56 bits per heavy atom. The number of carbonyl (C=O) groups excluding carboxylic acids is 1. The van der Waals surface area contributed by atoms with Gasteiger partial charge in [-0.15, -0.1) is 0 Å². The number of carbonyl (C=O) groups is 1. The summed E-state index contributed by atoms with van der Waals surface area (Å²) in [7, 11) is 0. The van der Waals surface area contributed by atoms with Gasteiger partial charge in [0.15, 0.2) is 0 Å². The molecule has 84 valence electrons. The van der Waals surface area contributed by atoms with Gasteiger partial charge >= 0.3 is 5.97 Å². The van der Waals surface area contributed by atoms with Crippen LogP contribution in [0.5, 0.6) is 0 Å². The zero-order chi connectivity index (χ0) is 11.5. The van der Waals surface area contributed by atoms with Gasteiger partial charge in [0.05, 0.1) is 12.5 Å². The molecule has 1 aromatic rings. The van der Waals surface area contributed by atoms with E-state index in [9.17, 15) is 9.18 Å². The van der Waals surface area contributed by atoms with Gasteiger partial charge in [-0.3, -0.25) is 4.79 Å². The van der Waals surface area contributed by atoms with E-state index in [1.165, 1.54) is 6.07 Å². The molecule has 2 nitrogen and oxygen atoms in total. The first kappa shape index (κ1) is 10.9. The molecule has 16 heavy (non-hydrogen) atoms. The molecule has 1 unspecified atom stereocenters. The number of hydrogen-bond acceptors (Lipinski definition) is 2. The number of rotatable bonds is 2. The fourth-order valence-electron chi connectivity index (χ4n) is 1.97. The Bertz CT molecular complexity index is 438. The third kappa shape index (κ3) is 1.85. The minimum absolute atomic E-state index is 0.322. The van der Waals surface area contributed by atoms with Gasteiger partial charge in [-0.2, -0.15) is 0 Å². The molecule has 0 N–H and O–H groups in total. The van der Waals surface area contributed by atoms with Gasteiger partial charge in [-0.1, -0.05) is 24.3 Å². The summed E-state index contributed by atoms with van der Waals surface area (Å²) in [5, 5.41) is 0. The smallest absolute Gasteiger partial charge is 0.313 e. The van der Waals surface area contributed by atoms with Gasteiger partial charge in [0.2, 0.25) is 0 Å². The minimum Gasteiger partial charge on any atom is -0.466 e. The van der Waals surface area contributed by atoms with E-state index < -0.39 is 5.92 Å². The van der Waals surface area contributed by atoms with E-state index in [2.05, 4.69) is 0 Å². The first-order valence-corrected chi connectivity index (χ1v) is 5.35. The van der Waals surface area contributed by atoms with Crippen LogP contribution in [0.1, 0.15) is 30.4 Å². The Labute approximate surface area is 93.7 Å². The van der Waals surface area contributed by atoms with Gasteiger partial charge in [0, 0.05) is 5.56 Å². The Morgan fingerprint density at radius 3 is 3.12 bits per heavy atom. The summed E-state index contributed by atoms with van der Waals surface area (Å²) in [5.74, 6) is -1.18. The van der Waals surface area contributed by atoms with E-state index in [1.807, 2.05) is 12.2 Å². The second kappa shape index (κ2) is 4.47. The normalized spacial score (nSPS) is 18.0. The van der Waals surface area contributed by atoms with Crippen molar-refractivity contribution in [3.05, 3.63) is 41.2 Å². The number of halogens is 1. The zero-order valence-corrected chi connectivity index (χ0v) is 9.07. The van der Waals surface area contributed by atoms with E-state index in [-0.39, 0.29) is 11.8 Å². The number of hydrogen-bond donors (Lipinski definition) is 0. The molecule has 0 radical (unpaired) electrons. The zero-order valence-electron chi connectivity index (χ0n) is 9.07. The summed E-state index contributed by atoms with van der Waals surface area (Å²) in [4.78, 5) is 11.7. The highest BCUT2D eigenvalue weighted by atomic mass is 19.1. The molecule has 0 bridgehead atoms. The molecule has 0 fully saturated rings. The van der Waals surface area contributed by atoms with E-state index in [1.54, 1.807) is 19.1 Å². The van der Waals surface area contributed by atoms with E-state index >= 15 is 0 Å². The summed E-state index contributed by atoms with van der Waals surface area (Å²) >= 11 is 0. The third-order valence-corrected chi connectivity index (χ3v) is 2.68. The summed E-state index contributed by atoms with van der Waals surface area (Å²) in [6.45, 7) is 2.07. The quantitative estimate of drug-likeness (QED) is 0.716. The SMILES string of the molecule is CCOC(=O)C1CC=Cc2cccc(F)c21. The molecule has 1 aliphatic rings. The molecule has 0 amide bonds. The third-order valence-electron chi connectivity index (χ3n) is 2.68. The highest BCUT2D eigenvalue weighted by molar-refractivity contribution is 5.81. The molecule has 0 aromatic heterocycles. The van der Waals surface area contributed by atoms with Gasteiger partial charge in [-0.05, 0) is 25.0 Å². The molecular formula is C13H13FO2. The lowest BCUT2D eigenvalue weighted by atomic mass is 9.87. The van der Waals surface area contributed by atoms with Crippen LogP contribution in [0.15, 0.2) is 24.3 Å². The van der Waals surface area contributed by atoms with Crippen molar-refractivity contribution in [1.29, 1.82) is 0 Å². The van der Waals surface area contributed by atoms with E-state index in [4.69, 9.17) is 4.74 Å². The molecule has 0 saturated heterocycles. The monoisotopic (exact) mass is 220 g/mol. The summed E-state index contributed by atoms with van der Waals surface area (Å²) in [5.41, 5.74) is 1.23. The van der Waals surface area contributed by atoms with Crippen molar-refractivity contribution < 1.29 is 13.9 Å². The Balaban J connectivity index is 2.39. The minimum atomic E-state index is -0.499. The lowest BCUT2D eigenvalue weighted by Crippen LogP contribution is -2.19. The predicted octanol–water partition coefficient (Wildman–Crippen LogP) is 2.89. The second-order valence-electron chi connectivity index (χ2n) is 3.69.